The van der Waals surface area contributed by atoms with Crippen molar-refractivity contribution in [3.8, 4) is 5.75 Å². The van der Waals surface area contributed by atoms with E-state index < -0.39 is 6.04 Å². The van der Waals surface area contributed by atoms with Crippen LogP contribution in [0.5, 0.6) is 5.75 Å². The predicted octanol–water partition coefficient (Wildman–Crippen LogP) is 3.79. The van der Waals surface area contributed by atoms with Crippen LogP contribution in [0.4, 0.5) is 4.39 Å². The van der Waals surface area contributed by atoms with Gasteiger partial charge >= 0.3 is 5.97 Å². The van der Waals surface area contributed by atoms with E-state index in [0.717, 1.165) is 24.9 Å². The molecule has 0 N–H and O–H groups in total. The van der Waals surface area contributed by atoms with Crippen LogP contribution in [0, 0.1) is 11.7 Å². The molecule has 1 amide bonds. The van der Waals surface area contributed by atoms with Crippen LogP contribution in [0.25, 0.3) is 0 Å². The van der Waals surface area contributed by atoms with Gasteiger partial charge in [0.25, 0.3) is 5.91 Å². The van der Waals surface area contributed by atoms with Crippen LogP contribution in [-0.2, 0) is 14.3 Å². The molecule has 0 aromatic heterocycles. The van der Waals surface area contributed by atoms with Gasteiger partial charge in [0.15, 0.2) is 0 Å². The predicted molar refractivity (Wildman–Crippen MR) is 126 cm³/mol. The van der Waals surface area contributed by atoms with E-state index in [1.165, 1.54) is 11.1 Å². The summed E-state index contributed by atoms with van der Waals surface area (Å²) >= 11 is 0. The Bertz CT molecular complexity index is 1070. The van der Waals surface area contributed by atoms with Gasteiger partial charge in [0.05, 0.1) is 37.9 Å². The van der Waals surface area contributed by atoms with Gasteiger partial charge in [-0.05, 0) is 38.4 Å². The topological polar surface area (TPSA) is 71.4 Å². The van der Waals surface area contributed by atoms with Crippen molar-refractivity contribution in [2.24, 2.45) is 11.0 Å². The van der Waals surface area contributed by atoms with E-state index in [4.69, 9.17) is 9.47 Å². The Hall–Kier alpha value is -3.26. The molecule has 0 spiro atoms. The number of hydrogen-bond donors (Lipinski definition) is 0. The number of para-hydroxylation sites is 1. The molecule has 2 aromatic rings. The molecule has 1 saturated heterocycles. The number of hydrogen-bond acceptors (Lipinski definition) is 6. The quantitative estimate of drug-likeness (QED) is 0.580. The molecule has 1 fully saturated rings. The first kappa shape index (κ1) is 23.9. The number of rotatable bonds is 7. The highest BCUT2D eigenvalue weighted by Crippen LogP contribution is 2.38. The molecule has 180 valence electrons. The maximum absolute atomic E-state index is 14.5. The molecule has 0 unspecified atom stereocenters. The third-order valence-corrected chi connectivity index (χ3v) is 6.33. The van der Waals surface area contributed by atoms with E-state index in [0.29, 0.717) is 36.6 Å². The van der Waals surface area contributed by atoms with Crippen LogP contribution in [0.15, 0.2) is 53.6 Å². The van der Waals surface area contributed by atoms with Crippen molar-refractivity contribution >= 4 is 17.6 Å². The summed E-state index contributed by atoms with van der Waals surface area (Å²) in [6.07, 6.45) is 1.95. The molecule has 0 aliphatic carbocycles. The number of amides is 1. The van der Waals surface area contributed by atoms with Gasteiger partial charge in [0.1, 0.15) is 11.6 Å². The Balaban J connectivity index is 1.58. The lowest BCUT2D eigenvalue weighted by Crippen LogP contribution is -2.44. The monoisotopic (exact) mass is 467 g/mol. The molecule has 2 heterocycles. The Morgan fingerprint density at radius 3 is 2.68 bits per heavy atom. The summed E-state index contributed by atoms with van der Waals surface area (Å²) in [7, 11) is 1.59. The lowest BCUT2D eigenvalue weighted by atomic mass is 9.97. The maximum atomic E-state index is 14.5. The van der Waals surface area contributed by atoms with Crippen molar-refractivity contribution in [1.29, 1.82) is 0 Å². The molecule has 8 heteroatoms. The van der Waals surface area contributed by atoms with E-state index >= 15 is 0 Å². The van der Waals surface area contributed by atoms with Crippen molar-refractivity contribution in [3.05, 3.63) is 65.5 Å². The van der Waals surface area contributed by atoms with Crippen molar-refractivity contribution in [2.75, 3.05) is 33.4 Å². The lowest BCUT2D eigenvalue weighted by Gasteiger charge is -2.32. The number of likely N-dealkylation sites (tertiary alicyclic amines) is 1. The maximum Gasteiger partial charge on any atom is 0.310 e. The molecule has 34 heavy (non-hydrogen) atoms. The molecule has 0 bridgehead atoms. The molecular weight excluding hydrogens is 437 g/mol. The van der Waals surface area contributed by atoms with Gasteiger partial charge in [-0.15, -0.1) is 0 Å². The second-order valence-corrected chi connectivity index (χ2v) is 8.55. The number of ether oxygens (including phenoxy) is 2. The third-order valence-electron chi connectivity index (χ3n) is 6.33. The van der Waals surface area contributed by atoms with Gasteiger partial charge in [-0.1, -0.05) is 36.4 Å². The Morgan fingerprint density at radius 1 is 1.15 bits per heavy atom. The fraction of sp³-hybridized carbons (Fsp3) is 0.423. The Labute approximate surface area is 199 Å². The number of carbonyl (C=O) groups is 2. The average molecular weight is 468 g/mol. The highest BCUT2D eigenvalue weighted by molar-refractivity contribution is 6.03. The fourth-order valence-electron chi connectivity index (χ4n) is 4.70. The molecule has 4 rings (SSSR count). The van der Waals surface area contributed by atoms with Crippen LogP contribution in [-0.4, -0.2) is 60.8 Å². The van der Waals surface area contributed by atoms with E-state index in [1.54, 1.807) is 32.2 Å². The Morgan fingerprint density at radius 2 is 1.91 bits per heavy atom. The van der Waals surface area contributed by atoms with Crippen LogP contribution in [0.3, 0.4) is 0 Å². The summed E-state index contributed by atoms with van der Waals surface area (Å²) in [5.41, 5.74) is 1.72. The van der Waals surface area contributed by atoms with Gasteiger partial charge < -0.3 is 9.47 Å². The molecule has 2 aliphatic rings. The zero-order chi connectivity index (χ0) is 24.1. The van der Waals surface area contributed by atoms with Gasteiger partial charge in [-0.2, -0.15) is 5.10 Å². The van der Waals surface area contributed by atoms with Gasteiger partial charge in [0, 0.05) is 24.1 Å². The number of hydrazone groups is 1. The standard InChI is InChI=1S/C26H30FN3O4/c1-3-34-26(32)18-9-8-14-29(16-18)17-25(31)30-23(20-11-5-7-13-24(20)33-2)15-22(28-30)19-10-4-6-12-21(19)27/h4-7,10-13,18,23H,3,8-9,14-17H2,1-2H3/t18-,23-/m0/s1. The zero-order valence-electron chi connectivity index (χ0n) is 19.6. The minimum Gasteiger partial charge on any atom is -0.496 e. The summed E-state index contributed by atoms with van der Waals surface area (Å²) < 4.78 is 25.3. The normalized spacial score (nSPS) is 20.7. The zero-order valence-corrected chi connectivity index (χ0v) is 19.6. The first-order valence-electron chi connectivity index (χ1n) is 11.7. The molecular formula is C26H30FN3O4. The van der Waals surface area contributed by atoms with Crippen molar-refractivity contribution in [1.82, 2.24) is 9.91 Å². The second-order valence-electron chi connectivity index (χ2n) is 8.55. The molecule has 7 nitrogen and oxygen atoms in total. The van der Waals surface area contributed by atoms with Crippen molar-refractivity contribution < 1.29 is 23.5 Å². The molecule has 2 aromatic carbocycles. The minimum atomic E-state index is -0.413. The van der Waals surface area contributed by atoms with Crippen molar-refractivity contribution in [2.45, 2.75) is 32.2 Å². The van der Waals surface area contributed by atoms with Crippen LogP contribution < -0.4 is 4.74 Å². The number of carbonyl (C=O) groups excluding carboxylic acids is 2. The molecule has 0 radical (unpaired) electrons. The first-order chi connectivity index (χ1) is 16.5. The first-order valence-corrected chi connectivity index (χ1v) is 11.7. The minimum absolute atomic E-state index is 0.121. The van der Waals surface area contributed by atoms with E-state index in [2.05, 4.69) is 5.10 Å². The average Bonchev–Trinajstić information content (AvgIpc) is 3.30. The molecule has 0 saturated carbocycles. The lowest BCUT2D eigenvalue weighted by molar-refractivity contribution is -0.150. The van der Waals surface area contributed by atoms with Gasteiger partial charge in [0.2, 0.25) is 0 Å². The Kier molecular flexibility index (Phi) is 7.57. The summed E-state index contributed by atoms with van der Waals surface area (Å²) in [4.78, 5) is 27.7. The second kappa shape index (κ2) is 10.8. The van der Waals surface area contributed by atoms with Crippen molar-refractivity contribution in [3.63, 3.8) is 0 Å². The number of methoxy groups -OCH3 is 1. The van der Waals surface area contributed by atoms with E-state index in [9.17, 15) is 14.0 Å². The van der Waals surface area contributed by atoms with E-state index in [1.807, 2.05) is 29.2 Å². The number of benzene rings is 2. The molecule has 2 atom stereocenters. The summed E-state index contributed by atoms with van der Waals surface area (Å²) in [6, 6.07) is 13.5. The summed E-state index contributed by atoms with van der Waals surface area (Å²) in [5, 5.41) is 6.04. The largest absolute Gasteiger partial charge is 0.496 e. The van der Waals surface area contributed by atoms with Gasteiger partial charge in [-0.3, -0.25) is 14.5 Å². The number of nitrogens with zero attached hydrogens (tertiary/aromatic N) is 3. The highest BCUT2D eigenvalue weighted by atomic mass is 19.1. The van der Waals surface area contributed by atoms with Gasteiger partial charge in [-0.25, -0.2) is 9.40 Å². The molecule has 2 aliphatic heterocycles. The van der Waals surface area contributed by atoms with Crippen LogP contribution in [0.1, 0.15) is 43.4 Å². The fourth-order valence-corrected chi connectivity index (χ4v) is 4.70. The SMILES string of the molecule is CCOC(=O)[C@H]1CCCN(CC(=O)N2N=C(c3ccccc3F)C[C@H]2c2ccccc2OC)C1. The number of piperidine rings is 1. The third kappa shape index (κ3) is 5.12. The number of esters is 1. The smallest absolute Gasteiger partial charge is 0.310 e. The van der Waals surface area contributed by atoms with Crippen LogP contribution in [0.2, 0.25) is 0 Å². The van der Waals surface area contributed by atoms with E-state index in [-0.39, 0.29) is 30.2 Å². The summed E-state index contributed by atoms with van der Waals surface area (Å²) in [6.45, 7) is 3.45. The highest BCUT2D eigenvalue weighted by Gasteiger charge is 2.37. The summed E-state index contributed by atoms with van der Waals surface area (Å²) in [5.74, 6) is -0.375. The number of halogens is 1. The van der Waals surface area contributed by atoms with Crippen LogP contribution >= 0.6 is 0 Å².